The van der Waals surface area contributed by atoms with Gasteiger partial charge in [-0.3, -0.25) is 4.79 Å². The Bertz CT molecular complexity index is 640. The van der Waals surface area contributed by atoms with E-state index >= 15 is 0 Å². The fraction of sp³-hybridized carbons (Fsp3) is 0.278. The molecule has 0 saturated heterocycles. The first-order chi connectivity index (χ1) is 10.3. The summed E-state index contributed by atoms with van der Waals surface area (Å²) < 4.78 is 4.92. The summed E-state index contributed by atoms with van der Waals surface area (Å²) in [5.74, 6) is -0.644. The Hall–Kier alpha value is -1.56. The number of phenols is 1. The molecular formula is C18H19IO3. The summed E-state index contributed by atoms with van der Waals surface area (Å²) in [6.07, 6.45) is 0. The van der Waals surface area contributed by atoms with Gasteiger partial charge in [-0.1, -0.05) is 57.2 Å². The van der Waals surface area contributed by atoms with E-state index in [2.05, 4.69) is 20.8 Å². The first-order valence-corrected chi connectivity index (χ1v) is 7.93. The van der Waals surface area contributed by atoms with Crippen LogP contribution in [0.4, 0.5) is 0 Å². The normalized spacial score (nSPS) is 12.7. The lowest BCUT2D eigenvalue weighted by Crippen LogP contribution is -2.15. The second-order valence-electron chi connectivity index (χ2n) is 6.29. The molecule has 0 aliphatic heterocycles. The van der Waals surface area contributed by atoms with Gasteiger partial charge in [0.05, 0.1) is 0 Å². The Kier molecular flexibility index (Phi) is 5.11. The summed E-state index contributed by atoms with van der Waals surface area (Å²) in [7, 11) is 0. The van der Waals surface area contributed by atoms with Crippen LogP contribution in [0.2, 0.25) is 0 Å². The van der Waals surface area contributed by atoms with Gasteiger partial charge in [0.25, 0.3) is 0 Å². The van der Waals surface area contributed by atoms with Crippen molar-refractivity contribution in [2.75, 3.05) is 0 Å². The number of aromatic hydroxyl groups is 1. The molecular weight excluding hydrogens is 391 g/mol. The Balaban J connectivity index is 2.42. The molecule has 0 heterocycles. The summed E-state index contributed by atoms with van der Waals surface area (Å²) in [4.78, 5) is 12.2. The molecule has 0 saturated carbocycles. The first kappa shape index (κ1) is 16.8. The Morgan fingerprint density at radius 2 is 1.45 bits per heavy atom. The minimum atomic E-state index is -0.494. The monoisotopic (exact) mass is 410 g/mol. The molecule has 4 heteroatoms. The van der Waals surface area contributed by atoms with Gasteiger partial charge in [0, 0.05) is 0 Å². The van der Waals surface area contributed by atoms with E-state index in [1.165, 1.54) is 5.56 Å². The molecule has 0 aliphatic carbocycles. The molecule has 22 heavy (non-hydrogen) atoms. The van der Waals surface area contributed by atoms with Crippen molar-refractivity contribution in [2.45, 2.75) is 32.1 Å². The van der Waals surface area contributed by atoms with E-state index in [-0.39, 0.29) is 17.1 Å². The van der Waals surface area contributed by atoms with Gasteiger partial charge in [-0.15, -0.1) is 0 Å². The first-order valence-electron chi connectivity index (χ1n) is 7.04. The molecule has 0 fully saturated rings. The molecule has 0 spiro atoms. The van der Waals surface area contributed by atoms with Crippen molar-refractivity contribution in [3.8, 4) is 5.75 Å². The summed E-state index contributed by atoms with van der Waals surface area (Å²) in [6, 6.07) is 14.7. The van der Waals surface area contributed by atoms with Gasteiger partial charge in [0.15, 0.2) is 23.0 Å². The lowest BCUT2D eigenvalue weighted by molar-refractivity contribution is -0.132. The van der Waals surface area contributed by atoms with Crippen molar-refractivity contribution in [1.29, 1.82) is 0 Å². The summed E-state index contributed by atoms with van der Waals surface area (Å²) in [5, 5.41) is 9.41. The largest absolute Gasteiger partial charge is 0.508 e. The Morgan fingerprint density at radius 3 is 1.86 bits per heavy atom. The van der Waals surface area contributed by atoms with Crippen LogP contribution in [0.15, 0.2) is 48.5 Å². The number of benzene rings is 2. The quantitative estimate of drug-likeness (QED) is 0.746. The predicted molar refractivity (Wildman–Crippen MR) is 95.2 cm³/mol. The molecule has 0 bridgehead atoms. The Labute approximate surface area is 145 Å². The fourth-order valence-electron chi connectivity index (χ4n) is 2.35. The summed E-state index contributed by atoms with van der Waals surface area (Å²) in [5.41, 5.74) is 2.95. The highest BCUT2D eigenvalue weighted by atomic mass is 127. The highest BCUT2D eigenvalue weighted by molar-refractivity contribution is 14.1. The number of phenolic OH excluding ortho intramolecular Hbond substituents is 1. The van der Waals surface area contributed by atoms with Crippen LogP contribution >= 0.6 is 23.0 Å². The van der Waals surface area contributed by atoms with Crippen molar-refractivity contribution in [3.63, 3.8) is 0 Å². The third kappa shape index (κ3) is 3.80. The average molecular weight is 410 g/mol. The minimum absolute atomic E-state index is 0.0658. The van der Waals surface area contributed by atoms with Crippen LogP contribution in [0.5, 0.6) is 5.75 Å². The van der Waals surface area contributed by atoms with Crippen LogP contribution < -0.4 is 0 Å². The highest BCUT2D eigenvalue weighted by Gasteiger charge is 2.25. The molecule has 0 radical (unpaired) electrons. The molecule has 2 rings (SSSR count). The molecule has 2 aromatic rings. The maximum atomic E-state index is 12.2. The lowest BCUT2D eigenvalue weighted by Gasteiger charge is -2.21. The molecule has 0 aromatic heterocycles. The smallest absolute Gasteiger partial charge is 0.327 e. The van der Waals surface area contributed by atoms with E-state index in [1.54, 1.807) is 47.3 Å². The number of hydrogen-bond donors (Lipinski definition) is 1. The number of rotatable bonds is 3. The van der Waals surface area contributed by atoms with Crippen molar-refractivity contribution in [1.82, 2.24) is 0 Å². The maximum Gasteiger partial charge on any atom is 0.327 e. The third-order valence-electron chi connectivity index (χ3n) is 3.65. The molecule has 2 aromatic carbocycles. The van der Waals surface area contributed by atoms with Crippen molar-refractivity contribution < 1.29 is 13.0 Å². The van der Waals surface area contributed by atoms with Crippen LogP contribution in [0.3, 0.4) is 0 Å². The lowest BCUT2D eigenvalue weighted by atomic mass is 9.84. The number of halogens is 1. The van der Waals surface area contributed by atoms with E-state index in [0.29, 0.717) is 0 Å². The van der Waals surface area contributed by atoms with Gasteiger partial charge in [-0.25, -0.2) is 0 Å². The van der Waals surface area contributed by atoms with Crippen LogP contribution in [-0.2, 0) is 13.3 Å². The number of carbonyl (C=O) groups is 1. The van der Waals surface area contributed by atoms with E-state index in [4.69, 9.17) is 3.07 Å². The minimum Gasteiger partial charge on any atom is -0.508 e. The average Bonchev–Trinajstić information content (AvgIpc) is 2.49. The Morgan fingerprint density at radius 1 is 1.00 bits per heavy atom. The summed E-state index contributed by atoms with van der Waals surface area (Å²) >= 11 is 1.61. The van der Waals surface area contributed by atoms with Crippen LogP contribution in [0, 0.1) is 0 Å². The molecule has 1 unspecified atom stereocenters. The molecule has 0 aliphatic rings. The fourth-order valence-corrected chi connectivity index (χ4v) is 2.61. The predicted octanol–water partition coefficient (Wildman–Crippen LogP) is 4.71. The zero-order valence-electron chi connectivity index (χ0n) is 12.8. The van der Waals surface area contributed by atoms with Gasteiger partial charge < -0.3 is 8.17 Å². The molecule has 1 atom stereocenters. The second-order valence-corrected chi connectivity index (χ2v) is 6.73. The molecule has 0 amide bonds. The highest BCUT2D eigenvalue weighted by Crippen LogP contribution is 2.30. The van der Waals surface area contributed by atoms with Crippen molar-refractivity contribution in [3.05, 3.63) is 65.2 Å². The van der Waals surface area contributed by atoms with Gasteiger partial charge in [-0.2, -0.15) is 0 Å². The maximum absolute atomic E-state index is 12.2. The van der Waals surface area contributed by atoms with Crippen molar-refractivity contribution >= 4 is 29.0 Å². The topological polar surface area (TPSA) is 46.5 Å². The van der Waals surface area contributed by atoms with Crippen LogP contribution in [0.25, 0.3) is 0 Å². The zero-order valence-corrected chi connectivity index (χ0v) is 15.0. The van der Waals surface area contributed by atoms with Crippen molar-refractivity contribution in [2.24, 2.45) is 0 Å². The standard InChI is InChI=1S/C18H19IO3/c1-18(2,3)14-8-4-12(5-9-14)16(17(21)22-19)13-6-10-15(20)11-7-13/h4-11,16,20H,1-3H3. The molecule has 3 nitrogen and oxygen atoms in total. The van der Waals surface area contributed by atoms with E-state index in [9.17, 15) is 9.90 Å². The second kappa shape index (κ2) is 6.69. The number of hydrogen-bond acceptors (Lipinski definition) is 3. The molecule has 1 N–H and O–H groups in total. The van der Waals surface area contributed by atoms with Gasteiger partial charge >= 0.3 is 5.97 Å². The SMILES string of the molecule is CC(C)(C)c1ccc(C(C(=O)OI)c2ccc(O)cc2)cc1. The van der Waals surface area contributed by atoms with E-state index < -0.39 is 5.92 Å². The van der Waals surface area contributed by atoms with Gasteiger partial charge in [0.2, 0.25) is 0 Å². The summed E-state index contributed by atoms with van der Waals surface area (Å²) in [6.45, 7) is 6.45. The van der Waals surface area contributed by atoms with Crippen LogP contribution in [-0.4, -0.2) is 11.1 Å². The van der Waals surface area contributed by atoms with Crippen LogP contribution in [0.1, 0.15) is 43.4 Å². The third-order valence-corrected chi connectivity index (χ3v) is 4.08. The molecule has 116 valence electrons. The zero-order chi connectivity index (χ0) is 16.3. The van der Waals surface area contributed by atoms with E-state index in [0.717, 1.165) is 11.1 Å². The van der Waals surface area contributed by atoms with Gasteiger partial charge in [-0.05, 0) is 34.2 Å². The van der Waals surface area contributed by atoms with E-state index in [1.807, 2.05) is 24.3 Å². The van der Waals surface area contributed by atoms with Gasteiger partial charge in [0.1, 0.15) is 11.7 Å². The number of carbonyl (C=O) groups excluding carboxylic acids is 1.